The predicted molar refractivity (Wildman–Crippen MR) is 95.8 cm³/mol. The van der Waals surface area contributed by atoms with Crippen LogP contribution in [0, 0.1) is 19.8 Å². The number of carbonyl (C=O) groups is 2. The minimum absolute atomic E-state index is 0.00792. The summed E-state index contributed by atoms with van der Waals surface area (Å²) in [6, 6.07) is 5.88. The number of likely N-dealkylation sites (tertiary alicyclic amines) is 1. The van der Waals surface area contributed by atoms with E-state index in [0.717, 1.165) is 24.0 Å². The van der Waals surface area contributed by atoms with Crippen molar-refractivity contribution in [1.29, 1.82) is 0 Å². The molecule has 132 valence electrons. The molecule has 0 aliphatic carbocycles. The van der Waals surface area contributed by atoms with Crippen molar-refractivity contribution in [3.8, 4) is 0 Å². The maximum atomic E-state index is 12.8. The van der Waals surface area contributed by atoms with Crippen LogP contribution in [0.25, 0.3) is 0 Å². The van der Waals surface area contributed by atoms with Crippen LogP contribution in [0.3, 0.4) is 0 Å². The van der Waals surface area contributed by atoms with Crippen molar-refractivity contribution in [2.24, 2.45) is 11.7 Å². The predicted octanol–water partition coefficient (Wildman–Crippen LogP) is 2.01. The smallest absolute Gasteiger partial charge is 0.253 e. The molecule has 2 rings (SSSR count). The molecule has 1 aliphatic heterocycles. The Balaban J connectivity index is 2.02. The van der Waals surface area contributed by atoms with Crippen molar-refractivity contribution in [3.63, 3.8) is 0 Å². The maximum absolute atomic E-state index is 12.8. The number of amides is 2. The van der Waals surface area contributed by atoms with E-state index in [2.05, 4.69) is 11.4 Å². The highest BCUT2D eigenvalue weighted by Crippen LogP contribution is 2.20. The lowest BCUT2D eigenvalue weighted by atomic mass is 9.95. The Morgan fingerprint density at radius 2 is 1.88 bits per heavy atom. The molecule has 1 aromatic carbocycles. The first-order valence-electron chi connectivity index (χ1n) is 8.60. The van der Waals surface area contributed by atoms with Crippen LogP contribution < -0.4 is 11.1 Å². The average Bonchev–Trinajstić information content (AvgIpc) is 2.50. The average molecular weight is 331 g/mol. The van der Waals surface area contributed by atoms with Gasteiger partial charge in [0.15, 0.2) is 0 Å². The Labute approximate surface area is 144 Å². The quantitative estimate of drug-likeness (QED) is 0.886. The summed E-state index contributed by atoms with van der Waals surface area (Å²) >= 11 is 0. The molecule has 0 saturated carbocycles. The van der Waals surface area contributed by atoms with Crippen molar-refractivity contribution in [3.05, 3.63) is 34.9 Å². The lowest BCUT2D eigenvalue weighted by Gasteiger charge is -2.33. The number of benzene rings is 1. The fraction of sp³-hybridized carbons (Fsp3) is 0.579. The van der Waals surface area contributed by atoms with Gasteiger partial charge in [0.2, 0.25) is 5.91 Å². The van der Waals surface area contributed by atoms with E-state index >= 15 is 0 Å². The van der Waals surface area contributed by atoms with Crippen LogP contribution in [-0.4, -0.2) is 41.9 Å². The van der Waals surface area contributed by atoms with Gasteiger partial charge in [0.25, 0.3) is 5.91 Å². The largest absolute Gasteiger partial charge is 0.354 e. The number of rotatable bonds is 4. The van der Waals surface area contributed by atoms with Gasteiger partial charge < -0.3 is 16.0 Å². The summed E-state index contributed by atoms with van der Waals surface area (Å²) in [6.07, 6.45) is 1.66. The van der Waals surface area contributed by atoms with Crippen LogP contribution in [0.2, 0.25) is 0 Å². The highest BCUT2D eigenvalue weighted by atomic mass is 16.2. The summed E-state index contributed by atoms with van der Waals surface area (Å²) in [5.41, 5.74) is 8.34. The molecule has 0 radical (unpaired) electrons. The van der Waals surface area contributed by atoms with Crippen LogP contribution in [0.1, 0.15) is 48.2 Å². The topological polar surface area (TPSA) is 75.4 Å². The van der Waals surface area contributed by atoms with Gasteiger partial charge in [-0.3, -0.25) is 9.59 Å². The molecule has 24 heavy (non-hydrogen) atoms. The fourth-order valence-electron chi connectivity index (χ4n) is 3.12. The summed E-state index contributed by atoms with van der Waals surface area (Å²) in [5.74, 6) is -0.152. The molecule has 0 bridgehead atoms. The van der Waals surface area contributed by atoms with Crippen LogP contribution in [-0.2, 0) is 4.79 Å². The molecule has 3 N–H and O–H groups in total. The third kappa shape index (κ3) is 5.06. The lowest BCUT2D eigenvalue weighted by molar-refractivity contribution is -0.126. The first kappa shape index (κ1) is 18.5. The summed E-state index contributed by atoms with van der Waals surface area (Å²) in [4.78, 5) is 26.9. The van der Waals surface area contributed by atoms with E-state index in [0.29, 0.717) is 25.2 Å². The molecule has 1 heterocycles. The normalized spacial score (nSPS) is 18.4. The summed E-state index contributed by atoms with van der Waals surface area (Å²) in [5, 5.41) is 2.91. The lowest BCUT2D eigenvalue weighted by Crippen LogP contribution is -2.50. The molecule has 2 amide bonds. The molecule has 0 spiro atoms. The van der Waals surface area contributed by atoms with Gasteiger partial charge in [-0.15, -0.1) is 0 Å². The van der Waals surface area contributed by atoms with Gasteiger partial charge >= 0.3 is 0 Å². The standard InChI is InChI=1S/C19H29N3O2/c1-13-8-14(2)10-16(9-13)18(24)22-7-5-6-15(11-22)17(23)21-12-19(3,4)20/h8-10,15H,5-7,11-12,20H2,1-4H3,(H,21,23). The van der Waals surface area contributed by atoms with E-state index in [-0.39, 0.29) is 17.7 Å². The first-order valence-corrected chi connectivity index (χ1v) is 8.60. The van der Waals surface area contributed by atoms with Gasteiger partial charge in [-0.1, -0.05) is 17.2 Å². The Morgan fingerprint density at radius 1 is 1.25 bits per heavy atom. The number of nitrogens with zero attached hydrogens (tertiary/aromatic N) is 1. The maximum Gasteiger partial charge on any atom is 0.253 e. The molecular weight excluding hydrogens is 302 g/mol. The molecule has 1 unspecified atom stereocenters. The molecule has 1 fully saturated rings. The van der Waals surface area contributed by atoms with Gasteiger partial charge in [-0.05, 0) is 52.7 Å². The SMILES string of the molecule is Cc1cc(C)cc(C(=O)N2CCCC(C(=O)NCC(C)(C)N)C2)c1. The number of nitrogens with two attached hydrogens (primary N) is 1. The molecule has 1 saturated heterocycles. The summed E-state index contributed by atoms with van der Waals surface area (Å²) in [7, 11) is 0. The summed E-state index contributed by atoms with van der Waals surface area (Å²) < 4.78 is 0. The van der Waals surface area contributed by atoms with Crippen LogP contribution in [0.5, 0.6) is 0 Å². The minimum atomic E-state index is -0.432. The van der Waals surface area contributed by atoms with E-state index in [1.807, 2.05) is 39.8 Å². The molecular formula is C19H29N3O2. The zero-order valence-corrected chi connectivity index (χ0v) is 15.2. The van der Waals surface area contributed by atoms with Crippen molar-refractivity contribution < 1.29 is 9.59 Å². The molecule has 1 aromatic rings. The fourth-order valence-corrected chi connectivity index (χ4v) is 3.12. The van der Waals surface area contributed by atoms with Gasteiger partial charge in [0, 0.05) is 30.7 Å². The zero-order valence-electron chi connectivity index (χ0n) is 15.2. The van der Waals surface area contributed by atoms with Crippen molar-refractivity contribution >= 4 is 11.8 Å². The van der Waals surface area contributed by atoms with Crippen LogP contribution in [0.4, 0.5) is 0 Å². The third-order valence-corrected chi connectivity index (χ3v) is 4.27. The highest BCUT2D eigenvalue weighted by Gasteiger charge is 2.29. The zero-order chi connectivity index (χ0) is 17.9. The van der Waals surface area contributed by atoms with Gasteiger partial charge in [-0.2, -0.15) is 0 Å². The Kier molecular flexibility index (Phi) is 5.65. The van der Waals surface area contributed by atoms with E-state index in [1.165, 1.54) is 0 Å². The molecule has 5 heteroatoms. The van der Waals surface area contributed by atoms with Crippen molar-refractivity contribution in [1.82, 2.24) is 10.2 Å². The Bertz CT molecular complexity index is 599. The number of piperidine rings is 1. The van der Waals surface area contributed by atoms with Crippen molar-refractivity contribution in [2.45, 2.75) is 46.1 Å². The molecule has 1 atom stereocenters. The van der Waals surface area contributed by atoms with Gasteiger partial charge in [-0.25, -0.2) is 0 Å². The third-order valence-electron chi connectivity index (χ3n) is 4.27. The molecule has 5 nitrogen and oxygen atoms in total. The van der Waals surface area contributed by atoms with E-state index < -0.39 is 5.54 Å². The number of hydrogen-bond acceptors (Lipinski definition) is 3. The van der Waals surface area contributed by atoms with Crippen molar-refractivity contribution in [2.75, 3.05) is 19.6 Å². The second-order valence-electron chi connectivity index (χ2n) is 7.67. The van der Waals surface area contributed by atoms with E-state index in [4.69, 9.17) is 5.73 Å². The summed E-state index contributed by atoms with van der Waals surface area (Å²) in [6.45, 7) is 9.36. The Hall–Kier alpha value is -1.88. The van der Waals surface area contributed by atoms with Crippen LogP contribution in [0.15, 0.2) is 18.2 Å². The van der Waals surface area contributed by atoms with E-state index in [9.17, 15) is 9.59 Å². The molecule has 0 aromatic heterocycles. The van der Waals surface area contributed by atoms with Gasteiger partial charge in [0.1, 0.15) is 0 Å². The number of nitrogens with one attached hydrogen (secondary N) is 1. The minimum Gasteiger partial charge on any atom is -0.354 e. The number of aryl methyl sites for hydroxylation is 2. The number of carbonyl (C=O) groups excluding carboxylic acids is 2. The van der Waals surface area contributed by atoms with E-state index in [1.54, 1.807) is 4.90 Å². The number of hydrogen-bond donors (Lipinski definition) is 2. The second-order valence-corrected chi connectivity index (χ2v) is 7.67. The Morgan fingerprint density at radius 3 is 2.46 bits per heavy atom. The highest BCUT2D eigenvalue weighted by molar-refractivity contribution is 5.95. The monoisotopic (exact) mass is 331 g/mol. The van der Waals surface area contributed by atoms with Crippen LogP contribution >= 0.6 is 0 Å². The second kappa shape index (κ2) is 7.34. The molecule has 1 aliphatic rings. The van der Waals surface area contributed by atoms with Gasteiger partial charge in [0.05, 0.1) is 5.92 Å². The first-order chi connectivity index (χ1) is 11.2.